The highest BCUT2D eigenvalue weighted by Gasteiger charge is 2.16. The minimum absolute atomic E-state index is 1.01. The molecule has 0 aliphatic carbocycles. The molecule has 0 radical (unpaired) electrons. The molecule has 0 atom stereocenters. The van der Waals surface area contributed by atoms with Crippen molar-refractivity contribution < 1.29 is 0 Å². The monoisotopic (exact) mass is 547 g/mol. The largest absolute Gasteiger partial charge is 0.309 e. The molecule has 0 saturated carbocycles. The molecule has 43 heavy (non-hydrogen) atoms. The Hall–Kier alpha value is -5.66. The lowest BCUT2D eigenvalue weighted by atomic mass is 9.87. The van der Waals surface area contributed by atoms with E-state index < -0.39 is 0 Å². The van der Waals surface area contributed by atoms with E-state index in [2.05, 4.69) is 157 Å². The molecule has 0 unspecified atom stereocenters. The molecule has 1 nitrogen and oxygen atoms in total. The lowest BCUT2D eigenvalue weighted by Gasteiger charge is -2.17. The standard InChI is InChI=1S/C42H29N/c1-3-13-32-28(2)41(37-19-6-7-20-38(37)42(32)36-21-12-15-29-14-4-5-16-33(29)36)30-24-26-31(27-25-30)43-39-22-10-8-17-34(39)35-18-9-11-23-40(35)43/h3-27H,1-2H2/b32-13+. The van der Waals surface area contributed by atoms with E-state index in [1.807, 2.05) is 6.08 Å². The Bertz CT molecular complexity index is 2420. The Labute approximate surface area is 250 Å². The van der Waals surface area contributed by atoms with E-state index in [4.69, 9.17) is 6.58 Å². The SMILES string of the molecule is C=C/C=c1/c(-c2cccc3ccccc23)c2ccccc2c(-c2ccc(-n3c4ccccc4c4ccccc43)cc2)c1=C. The Kier molecular flexibility index (Phi) is 5.84. The number of hydrogen-bond acceptors (Lipinski definition) is 0. The third-order valence-electron chi connectivity index (χ3n) is 8.70. The van der Waals surface area contributed by atoms with E-state index in [9.17, 15) is 0 Å². The van der Waals surface area contributed by atoms with Crippen molar-refractivity contribution in [2.45, 2.75) is 0 Å². The van der Waals surface area contributed by atoms with Gasteiger partial charge in [-0.3, -0.25) is 0 Å². The summed E-state index contributed by atoms with van der Waals surface area (Å²) in [4.78, 5) is 0. The molecule has 8 rings (SSSR count). The number of para-hydroxylation sites is 2. The van der Waals surface area contributed by atoms with Crippen molar-refractivity contribution in [3.8, 4) is 27.9 Å². The summed E-state index contributed by atoms with van der Waals surface area (Å²) < 4.78 is 2.36. The summed E-state index contributed by atoms with van der Waals surface area (Å²) in [7, 11) is 0. The Morgan fingerprint density at radius 1 is 0.488 bits per heavy atom. The Balaban J connectivity index is 1.38. The number of fused-ring (bicyclic) bond motifs is 5. The fourth-order valence-corrected chi connectivity index (χ4v) is 6.86. The van der Waals surface area contributed by atoms with Crippen molar-refractivity contribution in [3.63, 3.8) is 0 Å². The van der Waals surface area contributed by atoms with Crippen LogP contribution in [-0.2, 0) is 0 Å². The van der Waals surface area contributed by atoms with Crippen LogP contribution in [0.2, 0.25) is 0 Å². The van der Waals surface area contributed by atoms with Gasteiger partial charge >= 0.3 is 0 Å². The molecule has 0 spiro atoms. The predicted molar refractivity (Wildman–Crippen MR) is 186 cm³/mol. The minimum atomic E-state index is 1.01. The topological polar surface area (TPSA) is 4.93 Å². The molecule has 0 bridgehead atoms. The molecule has 0 saturated heterocycles. The quantitative estimate of drug-likeness (QED) is 0.207. The molecule has 0 amide bonds. The maximum atomic E-state index is 4.70. The van der Waals surface area contributed by atoms with Gasteiger partial charge in [0.15, 0.2) is 0 Å². The van der Waals surface area contributed by atoms with Crippen LogP contribution in [0.1, 0.15) is 0 Å². The second-order valence-corrected chi connectivity index (χ2v) is 11.0. The number of aromatic nitrogens is 1. The van der Waals surface area contributed by atoms with E-state index in [1.54, 1.807) is 0 Å². The van der Waals surface area contributed by atoms with Crippen LogP contribution in [0.4, 0.5) is 0 Å². The average Bonchev–Trinajstić information content (AvgIpc) is 3.40. The molecule has 1 heterocycles. The molecular weight excluding hydrogens is 518 g/mol. The maximum absolute atomic E-state index is 4.70. The van der Waals surface area contributed by atoms with E-state index in [0.29, 0.717) is 0 Å². The van der Waals surface area contributed by atoms with E-state index in [0.717, 1.165) is 27.3 Å². The highest BCUT2D eigenvalue weighted by atomic mass is 15.0. The predicted octanol–water partition coefficient (Wildman–Crippen LogP) is 9.80. The molecule has 0 fully saturated rings. The van der Waals surface area contributed by atoms with Crippen LogP contribution < -0.4 is 10.4 Å². The highest BCUT2D eigenvalue weighted by Crippen LogP contribution is 2.36. The van der Waals surface area contributed by atoms with Crippen LogP contribution in [0.3, 0.4) is 0 Å². The van der Waals surface area contributed by atoms with Crippen LogP contribution >= 0.6 is 0 Å². The summed E-state index contributed by atoms with van der Waals surface area (Å²) in [5.41, 5.74) is 8.27. The third-order valence-corrected chi connectivity index (χ3v) is 8.70. The molecule has 0 aliphatic heterocycles. The van der Waals surface area contributed by atoms with Crippen molar-refractivity contribution in [3.05, 3.63) is 163 Å². The van der Waals surface area contributed by atoms with Gasteiger partial charge in [0.05, 0.1) is 11.0 Å². The smallest absolute Gasteiger partial charge is 0.0541 e. The summed E-state index contributed by atoms with van der Waals surface area (Å²) in [5, 5.41) is 9.50. The van der Waals surface area contributed by atoms with Crippen molar-refractivity contribution in [2.75, 3.05) is 0 Å². The van der Waals surface area contributed by atoms with E-state index in [1.165, 1.54) is 54.5 Å². The van der Waals surface area contributed by atoms with Crippen molar-refractivity contribution >= 4 is 56.0 Å². The van der Waals surface area contributed by atoms with E-state index >= 15 is 0 Å². The van der Waals surface area contributed by atoms with Crippen LogP contribution in [0.5, 0.6) is 0 Å². The van der Waals surface area contributed by atoms with Crippen molar-refractivity contribution in [1.29, 1.82) is 0 Å². The van der Waals surface area contributed by atoms with E-state index in [-0.39, 0.29) is 0 Å². The zero-order chi connectivity index (χ0) is 28.9. The van der Waals surface area contributed by atoms with Gasteiger partial charge in [0.25, 0.3) is 0 Å². The summed E-state index contributed by atoms with van der Waals surface area (Å²) in [6, 6.07) is 50.1. The average molecular weight is 548 g/mol. The zero-order valence-corrected chi connectivity index (χ0v) is 23.8. The summed E-state index contributed by atoms with van der Waals surface area (Å²) in [5.74, 6) is 0. The van der Waals surface area contributed by atoms with Crippen LogP contribution in [0, 0.1) is 0 Å². The first kappa shape index (κ1) is 25.1. The molecule has 1 heteroatoms. The second kappa shape index (κ2) is 10.0. The van der Waals surface area contributed by atoms with Gasteiger partial charge in [-0.1, -0.05) is 141 Å². The number of rotatable bonds is 4. The van der Waals surface area contributed by atoms with Gasteiger partial charge in [0, 0.05) is 16.5 Å². The molecular formula is C42H29N. The molecule has 1 aromatic heterocycles. The highest BCUT2D eigenvalue weighted by molar-refractivity contribution is 6.11. The van der Waals surface area contributed by atoms with Crippen molar-refractivity contribution in [2.24, 2.45) is 0 Å². The third kappa shape index (κ3) is 3.86. The second-order valence-electron chi connectivity index (χ2n) is 11.0. The van der Waals surface area contributed by atoms with Gasteiger partial charge in [-0.25, -0.2) is 0 Å². The number of hydrogen-bond donors (Lipinski definition) is 0. The summed E-state index contributed by atoms with van der Waals surface area (Å²) in [6.45, 7) is 8.78. The maximum Gasteiger partial charge on any atom is 0.0541 e. The normalized spacial score (nSPS) is 12.0. The Morgan fingerprint density at radius 3 is 1.67 bits per heavy atom. The van der Waals surface area contributed by atoms with Gasteiger partial charge in [-0.15, -0.1) is 0 Å². The number of benzene rings is 7. The van der Waals surface area contributed by atoms with Crippen molar-refractivity contribution in [1.82, 2.24) is 4.57 Å². The first-order valence-electron chi connectivity index (χ1n) is 14.7. The molecule has 0 N–H and O–H groups in total. The lowest BCUT2D eigenvalue weighted by Crippen LogP contribution is -2.28. The summed E-state index contributed by atoms with van der Waals surface area (Å²) >= 11 is 0. The molecule has 7 aromatic carbocycles. The Morgan fingerprint density at radius 2 is 1.02 bits per heavy atom. The van der Waals surface area contributed by atoms with Gasteiger partial charge in [0.1, 0.15) is 0 Å². The fourth-order valence-electron chi connectivity index (χ4n) is 6.86. The minimum Gasteiger partial charge on any atom is -0.309 e. The zero-order valence-electron chi connectivity index (χ0n) is 23.8. The van der Waals surface area contributed by atoms with Gasteiger partial charge < -0.3 is 4.57 Å². The molecule has 202 valence electrons. The van der Waals surface area contributed by atoms with Crippen LogP contribution in [-0.4, -0.2) is 4.57 Å². The number of nitrogens with zero attached hydrogens (tertiary/aromatic N) is 1. The fraction of sp³-hybridized carbons (Fsp3) is 0. The van der Waals surface area contributed by atoms with Gasteiger partial charge in [-0.05, 0) is 78.5 Å². The van der Waals surface area contributed by atoms with Gasteiger partial charge in [0.2, 0.25) is 0 Å². The first-order valence-corrected chi connectivity index (χ1v) is 14.7. The van der Waals surface area contributed by atoms with Crippen LogP contribution in [0.15, 0.2) is 152 Å². The van der Waals surface area contributed by atoms with Gasteiger partial charge in [-0.2, -0.15) is 0 Å². The number of allylic oxidation sites excluding steroid dienone is 1. The van der Waals surface area contributed by atoms with Crippen LogP contribution in [0.25, 0.3) is 83.9 Å². The summed E-state index contributed by atoms with van der Waals surface area (Å²) in [6.07, 6.45) is 3.99. The lowest BCUT2D eigenvalue weighted by molar-refractivity contribution is 1.18. The molecule has 0 aliphatic rings. The first-order chi connectivity index (χ1) is 21.2. The molecule has 8 aromatic rings.